The Morgan fingerprint density at radius 3 is 2.32 bits per heavy atom. The molecule has 11 rings (SSSR count). The van der Waals surface area contributed by atoms with Gasteiger partial charge in [-0.3, -0.25) is 53.4 Å². The zero-order valence-corrected chi connectivity index (χ0v) is 60.0. The third-order valence-corrected chi connectivity index (χ3v) is 23.0. The first kappa shape index (κ1) is 74.7. The van der Waals surface area contributed by atoms with Gasteiger partial charge in [-0.15, -0.1) is 0 Å². The van der Waals surface area contributed by atoms with Crippen molar-refractivity contribution in [3.05, 3.63) is 125 Å². The summed E-state index contributed by atoms with van der Waals surface area (Å²) in [5.41, 5.74) is 15.1. The Morgan fingerprint density at radius 2 is 1.61 bits per heavy atom. The zero-order valence-electron chi connectivity index (χ0n) is 58.3. The van der Waals surface area contributed by atoms with Crippen LogP contribution >= 0.6 is 18.9 Å². The Bertz CT molecular complexity index is 4260. The van der Waals surface area contributed by atoms with Gasteiger partial charge in [-0.25, -0.2) is 24.4 Å². The number of aromatic carboxylic acids is 1. The number of aromatic nitrogens is 3. The number of thiazole rings is 1. The molecular formula is C72H89N14O15PS. The molecule has 3 bridgehead atoms. The molecule has 6 aliphatic rings. The minimum atomic E-state index is -4.82. The van der Waals surface area contributed by atoms with Crippen molar-refractivity contribution in [2.24, 2.45) is 44.0 Å². The van der Waals surface area contributed by atoms with Crippen LogP contribution in [0.3, 0.4) is 0 Å². The standard InChI is InChI=1S/C72H89N14O15PS/c1-43(2)58(81-55(87)16-7-6-8-28-86-56(88)23-24-57(86)89)63(92)79-52(14-10-27-76-65(74)95)62(91)78-47-19-17-45(18-20-47)34-100-67(96)85(42-102(97,98)99)30-31-101-71-37-69(5)35-68(4)36-70(38-71,39-72(68,69)40-71)41-77-44(3)50(32-73)48-21-22-54(80-59(48)64(93)94)84-29-25-46-12-9-13-49(51(46)33-84)61(90)83-66-82-60-53(103-66)15-11-26-75-60/h9,11-13,15,17-24,26,32,43,52,58H,6-8,10,14,16,25,27-31,33-42,73H2,1-5H3,(H,78,91)(H,79,92)(H,81,87)(H,93,94)(H3,74,76,95)(H2,97,98,99)(H,75,82,83,90)/t52-,58?,68?,69?,70?,71?,72?/m0/s1. The fourth-order valence-electron chi connectivity index (χ4n) is 17.2. The smallest absolute Gasteiger partial charge is 0.410 e. The second-order valence-electron chi connectivity index (χ2n) is 29.1. The van der Waals surface area contributed by atoms with E-state index >= 15 is 0 Å². The van der Waals surface area contributed by atoms with Gasteiger partial charge in [-0.05, 0) is 164 Å². The summed E-state index contributed by atoms with van der Waals surface area (Å²) in [6.07, 6.45) is 10.8. The number of aliphatic imine (C=N–C) groups is 1. The first-order valence-electron chi connectivity index (χ1n) is 34.7. The number of fused-ring (bicyclic) bond motifs is 4. The fourth-order valence-corrected chi connectivity index (χ4v) is 18.8. The molecule has 4 aliphatic carbocycles. The number of ether oxygens (including phenoxy) is 2. The zero-order chi connectivity index (χ0) is 73.8. The lowest BCUT2D eigenvalue weighted by Gasteiger charge is -2.64. The molecule has 103 heavy (non-hydrogen) atoms. The van der Waals surface area contributed by atoms with E-state index in [-0.39, 0.29) is 103 Å². The molecule has 2 aliphatic heterocycles. The number of anilines is 3. The Kier molecular flexibility index (Phi) is 22.1. The van der Waals surface area contributed by atoms with Crippen LogP contribution in [0.1, 0.15) is 155 Å². The lowest BCUT2D eigenvalue weighted by atomic mass is 9.40. The average Bonchev–Trinajstić information content (AvgIpc) is 1.46. The molecule has 12 N–H and O–H groups in total. The first-order chi connectivity index (χ1) is 48.9. The van der Waals surface area contributed by atoms with Gasteiger partial charge in [-0.1, -0.05) is 69.7 Å². The summed E-state index contributed by atoms with van der Waals surface area (Å²) in [4.78, 5) is 160. The van der Waals surface area contributed by atoms with Crippen molar-refractivity contribution >= 4 is 111 Å². The normalized spacial score (nSPS) is 23.0. The van der Waals surface area contributed by atoms with Crippen LogP contribution < -0.4 is 43.0 Å². The molecule has 29 nitrogen and oxygen atoms in total. The number of amides is 9. The first-order valence-corrected chi connectivity index (χ1v) is 37.3. The van der Waals surface area contributed by atoms with Crippen molar-refractivity contribution in [3.63, 3.8) is 0 Å². The fraction of sp³-hybridized carbons (Fsp3) is 0.486. The van der Waals surface area contributed by atoms with Crippen LogP contribution in [0.25, 0.3) is 15.9 Å². The summed E-state index contributed by atoms with van der Waals surface area (Å²) in [6.45, 7) is 10.9. The van der Waals surface area contributed by atoms with Gasteiger partial charge in [0, 0.05) is 98.3 Å². The molecule has 31 heteroatoms. The molecule has 0 saturated heterocycles. The van der Waals surface area contributed by atoms with E-state index in [2.05, 4.69) is 50.4 Å². The van der Waals surface area contributed by atoms with Gasteiger partial charge >= 0.3 is 25.7 Å². The minimum Gasteiger partial charge on any atom is -0.476 e. The van der Waals surface area contributed by atoms with Crippen LogP contribution in [-0.2, 0) is 57.6 Å². The molecule has 2 aromatic carbocycles. The predicted molar refractivity (Wildman–Crippen MR) is 384 cm³/mol. The van der Waals surface area contributed by atoms with Gasteiger partial charge in [0.1, 0.15) is 30.8 Å². The highest BCUT2D eigenvalue weighted by molar-refractivity contribution is 7.51. The Balaban J connectivity index is 0.695. The number of carboxylic acid groups (broad SMARTS) is 1. The summed E-state index contributed by atoms with van der Waals surface area (Å²) >= 11 is 1.33. The number of carbonyl (C=O) groups excluding carboxylic acids is 8. The van der Waals surface area contributed by atoms with Crippen LogP contribution in [0.5, 0.6) is 0 Å². The van der Waals surface area contributed by atoms with Crippen molar-refractivity contribution in [3.8, 4) is 0 Å². The highest BCUT2D eigenvalue weighted by atomic mass is 32.1. The summed E-state index contributed by atoms with van der Waals surface area (Å²) < 4.78 is 26.0. The second-order valence-corrected chi connectivity index (χ2v) is 31.8. The van der Waals surface area contributed by atoms with Crippen LogP contribution in [-0.4, -0.2) is 162 Å². The molecule has 5 heterocycles. The van der Waals surface area contributed by atoms with Crippen molar-refractivity contribution in [2.75, 3.05) is 61.1 Å². The summed E-state index contributed by atoms with van der Waals surface area (Å²) in [6, 6.07) is 16.1. The number of allylic oxidation sites excluding steroid dienone is 1. The number of benzene rings is 2. The van der Waals surface area contributed by atoms with E-state index in [1.54, 1.807) is 62.5 Å². The predicted octanol–water partition coefficient (Wildman–Crippen LogP) is 7.77. The number of hydrogen-bond donors (Lipinski definition) is 10. The van der Waals surface area contributed by atoms with Gasteiger partial charge in [0.25, 0.3) is 17.7 Å². The summed E-state index contributed by atoms with van der Waals surface area (Å²) in [5.74, 6) is -3.94. The number of rotatable bonds is 32. The molecule has 0 radical (unpaired) electrons. The van der Waals surface area contributed by atoms with Gasteiger partial charge in [-0.2, -0.15) is 4.98 Å². The van der Waals surface area contributed by atoms with Gasteiger partial charge in [0.2, 0.25) is 17.7 Å². The second kappa shape index (κ2) is 30.5. The third-order valence-electron chi connectivity index (χ3n) is 21.4. The molecule has 6 unspecified atom stereocenters. The number of nitrogens with two attached hydrogens (primary N) is 2. The molecular weight excluding hydrogens is 1360 g/mol. The number of nitrogens with zero attached hydrogens (tertiary/aromatic N) is 7. The largest absolute Gasteiger partial charge is 0.476 e. The number of carboxylic acids is 1. The Morgan fingerprint density at radius 1 is 0.854 bits per heavy atom. The number of imide groups is 1. The summed E-state index contributed by atoms with van der Waals surface area (Å²) in [7, 11) is -4.82. The maximum Gasteiger partial charge on any atom is 0.410 e. The number of urea groups is 1. The van der Waals surface area contributed by atoms with Gasteiger partial charge in [0.05, 0.1) is 16.9 Å². The Hall–Kier alpha value is -9.48. The van der Waals surface area contributed by atoms with Crippen molar-refractivity contribution in [1.29, 1.82) is 0 Å². The van der Waals surface area contributed by atoms with Crippen LogP contribution in [0.4, 0.5) is 26.2 Å². The number of unbranched alkanes of at least 4 members (excludes halogenated alkanes) is 2. The number of hydrogen-bond acceptors (Lipinski definition) is 19. The number of pyridine rings is 2. The van der Waals surface area contributed by atoms with E-state index in [0.29, 0.717) is 102 Å². The van der Waals surface area contributed by atoms with E-state index in [9.17, 15) is 62.6 Å². The maximum atomic E-state index is 13.9. The molecule has 9 amide bonds. The van der Waals surface area contributed by atoms with Gasteiger partial charge < -0.3 is 62.0 Å². The molecule has 7 atom stereocenters. The van der Waals surface area contributed by atoms with E-state index in [4.69, 9.17) is 30.9 Å². The van der Waals surface area contributed by atoms with Crippen molar-refractivity contribution in [1.82, 2.24) is 40.7 Å². The number of nitrogens with one attached hydrogen (secondary N) is 5. The van der Waals surface area contributed by atoms with E-state index in [0.717, 1.165) is 57.7 Å². The highest BCUT2D eigenvalue weighted by Crippen LogP contribution is 2.89. The molecule has 548 valence electrons. The van der Waals surface area contributed by atoms with E-state index in [1.165, 1.54) is 29.7 Å². The molecule has 1 spiro atoms. The number of primary amides is 1. The molecule has 3 aromatic heterocycles. The SMILES string of the molecule is CC(=NCC12CC3(OCCN(CP(=O)(O)O)C(=O)OCc4ccc(NC(=O)[C@H](CCCNC(N)=O)NC(=O)C(NC(=O)CCCCCN5C(=O)C=CC5=O)C(C)C)cc4)CC4(C)CC(C)(C1)C4(C2)C3)C(=CN)c1ccc(N2CCc3cccc(C(=O)Nc4nc5ncccc5s4)c3C2)nc1C(=O)O. The third kappa shape index (κ3) is 16.5. The highest BCUT2D eigenvalue weighted by Gasteiger charge is 2.84. The van der Waals surface area contributed by atoms with E-state index < -0.39 is 67.4 Å². The van der Waals surface area contributed by atoms with Gasteiger partial charge in [0.15, 0.2) is 16.5 Å². The maximum absolute atomic E-state index is 13.9. The monoisotopic (exact) mass is 1450 g/mol. The Labute approximate surface area is 599 Å². The quantitative estimate of drug-likeness (QED) is 0.00850. The summed E-state index contributed by atoms with van der Waals surface area (Å²) in [5, 5.41) is 24.8. The molecule has 4 fully saturated rings. The van der Waals surface area contributed by atoms with Crippen molar-refractivity contribution in [2.45, 2.75) is 149 Å². The van der Waals surface area contributed by atoms with E-state index in [1.807, 2.05) is 36.1 Å². The topological polar surface area (TPSA) is 423 Å². The van der Waals surface area contributed by atoms with Crippen LogP contribution in [0.2, 0.25) is 0 Å². The van der Waals surface area contributed by atoms with Crippen molar-refractivity contribution < 1.29 is 72.1 Å². The molecule has 4 saturated carbocycles. The lowest BCUT2D eigenvalue weighted by Crippen LogP contribution is -2.57. The number of carbonyl (C=O) groups is 9. The minimum absolute atomic E-state index is 0.0139. The lowest BCUT2D eigenvalue weighted by molar-refractivity contribution is -0.158. The molecule has 5 aromatic rings. The van der Waals surface area contributed by atoms with Crippen LogP contribution in [0.15, 0.2) is 96.3 Å². The average molecular weight is 1450 g/mol. The van der Waals surface area contributed by atoms with Crippen LogP contribution in [0, 0.1) is 27.6 Å².